The van der Waals surface area contributed by atoms with Gasteiger partial charge in [0.25, 0.3) is 5.69 Å². The second-order valence-corrected chi connectivity index (χ2v) is 4.43. The number of ether oxygens (including phenoxy) is 1. The van der Waals surface area contributed by atoms with Gasteiger partial charge in [0, 0.05) is 6.07 Å². The molecule has 0 saturated heterocycles. The fraction of sp³-hybridized carbons (Fsp3) is 0.133. The number of carbonyl (C=O) groups excluding carboxylic acids is 1. The zero-order valence-corrected chi connectivity index (χ0v) is 11.1. The van der Waals surface area contributed by atoms with Crippen molar-refractivity contribution < 1.29 is 14.5 Å². The lowest BCUT2D eigenvalue weighted by Gasteiger charge is -2.08. The summed E-state index contributed by atoms with van der Waals surface area (Å²) in [5, 5.41) is 10.9. The van der Waals surface area contributed by atoms with E-state index >= 15 is 0 Å². The van der Waals surface area contributed by atoms with E-state index in [1.54, 1.807) is 12.1 Å². The van der Waals surface area contributed by atoms with Crippen molar-refractivity contribution in [2.75, 3.05) is 0 Å². The number of hydrogen-bond acceptors (Lipinski definition) is 4. The maximum absolute atomic E-state index is 12.0. The van der Waals surface area contributed by atoms with Crippen molar-refractivity contribution in [1.82, 2.24) is 0 Å². The molecule has 0 amide bonds. The Bertz CT molecular complexity index is 679. The monoisotopic (exact) mass is 271 g/mol. The van der Waals surface area contributed by atoms with Gasteiger partial charge in [0.05, 0.1) is 4.92 Å². The number of rotatable bonds is 3. The Balaban J connectivity index is 2.31. The molecule has 2 aromatic rings. The number of nitro benzene ring substituents is 1. The van der Waals surface area contributed by atoms with Crippen LogP contribution >= 0.6 is 0 Å². The maximum Gasteiger partial charge on any atom is 0.350 e. The van der Waals surface area contributed by atoms with Gasteiger partial charge < -0.3 is 4.74 Å². The Morgan fingerprint density at radius 2 is 1.85 bits per heavy atom. The zero-order valence-electron chi connectivity index (χ0n) is 11.1. The Morgan fingerprint density at radius 3 is 2.50 bits per heavy atom. The molecule has 0 radical (unpaired) electrons. The van der Waals surface area contributed by atoms with Gasteiger partial charge in [-0.3, -0.25) is 10.1 Å². The third-order valence-electron chi connectivity index (χ3n) is 2.85. The third-order valence-corrected chi connectivity index (χ3v) is 2.85. The zero-order chi connectivity index (χ0) is 14.7. The van der Waals surface area contributed by atoms with Gasteiger partial charge in [0.2, 0.25) is 0 Å². The summed E-state index contributed by atoms with van der Waals surface area (Å²) in [4.78, 5) is 22.3. The number of para-hydroxylation sites is 1. The highest BCUT2D eigenvalue weighted by Crippen LogP contribution is 2.23. The van der Waals surface area contributed by atoms with E-state index in [1.807, 2.05) is 26.0 Å². The lowest BCUT2D eigenvalue weighted by Crippen LogP contribution is -2.11. The van der Waals surface area contributed by atoms with Crippen LogP contribution in [0.2, 0.25) is 0 Å². The third kappa shape index (κ3) is 2.83. The van der Waals surface area contributed by atoms with Crippen LogP contribution in [0.3, 0.4) is 0 Å². The molecular weight excluding hydrogens is 258 g/mol. The summed E-state index contributed by atoms with van der Waals surface area (Å²) < 4.78 is 5.23. The topological polar surface area (TPSA) is 69.4 Å². The normalized spacial score (nSPS) is 10.1. The first-order valence-electron chi connectivity index (χ1n) is 6.02. The van der Waals surface area contributed by atoms with Gasteiger partial charge in [-0.25, -0.2) is 4.79 Å². The molecule has 0 atom stereocenters. The van der Waals surface area contributed by atoms with E-state index in [0.29, 0.717) is 5.75 Å². The van der Waals surface area contributed by atoms with Crippen molar-refractivity contribution in [2.24, 2.45) is 0 Å². The molecule has 0 aliphatic rings. The van der Waals surface area contributed by atoms with Gasteiger partial charge in [-0.15, -0.1) is 0 Å². The molecule has 102 valence electrons. The largest absolute Gasteiger partial charge is 0.422 e. The quantitative estimate of drug-likeness (QED) is 0.371. The van der Waals surface area contributed by atoms with E-state index in [4.69, 9.17) is 4.74 Å². The first-order chi connectivity index (χ1) is 9.49. The summed E-state index contributed by atoms with van der Waals surface area (Å²) in [6.45, 7) is 3.75. The number of nitro groups is 1. The molecule has 0 aromatic heterocycles. The highest BCUT2D eigenvalue weighted by atomic mass is 16.6. The second-order valence-electron chi connectivity index (χ2n) is 4.43. The molecule has 2 aromatic carbocycles. The Kier molecular flexibility index (Phi) is 3.79. The van der Waals surface area contributed by atoms with Crippen molar-refractivity contribution in [3.63, 3.8) is 0 Å². The van der Waals surface area contributed by atoms with Crippen molar-refractivity contribution in [3.05, 3.63) is 69.3 Å². The number of aryl methyl sites for hydroxylation is 2. The average Bonchev–Trinajstić information content (AvgIpc) is 2.41. The van der Waals surface area contributed by atoms with Crippen molar-refractivity contribution >= 4 is 11.7 Å². The smallest absolute Gasteiger partial charge is 0.350 e. The van der Waals surface area contributed by atoms with E-state index in [1.165, 1.54) is 18.2 Å². The summed E-state index contributed by atoms with van der Waals surface area (Å²) >= 11 is 0. The number of carbonyl (C=O) groups is 1. The van der Waals surface area contributed by atoms with Gasteiger partial charge >= 0.3 is 5.97 Å². The Hall–Kier alpha value is -2.69. The number of esters is 1. The molecule has 0 N–H and O–H groups in total. The van der Waals surface area contributed by atoms with Crippen molar-refractivity contribution in [3.8, 4) is 5.75 Å². The molecule has 0 saturated carbocycles. The van der Waals surface area contributed by atoms with Crippen LogP contribution in [0.5, 0.6) is 5.75 Å². The highest BCUT2D eigenvalue weighted by Gasteiger charge is 2.21. The summed E-state index contributed by atoms with van der Waals surface area (Å²) in [7, 11) is 0. The summed E-state index contributed by atoms with van der Waals surface area (Å²) in [5.41, 5.74) is 1.53. The first-order valence-corrected chi connectivity index (χ1v) is 6.02. The van der Waals surface area contributed by atoms with Crippen LogP contribution in [0.15, 0.2) is 42.5 Å². The lowest BCUT2D eigenvalue weighted by atomic mass is 10.1. The van der Waals surface area contributed by atoms with Crippen molar-refractivity contribution in [1.29, 1.82) is 0 Å². The predicted molar refractivity (Wildman–Crippen MR) is 74.0 cm³/mol. The molecule has 0 fully saturated rings. The van der Waals surface area contributed by atoms with Crippen LogP contribution in [-0.4, -0.2) is 10.9 Å². The van der Waals surface area contributed by atoms with E-state index in [-0.39, 0.29) is 11.3 Å². The second kappa shape index (κ2) is 5.52. The fourth-order valence-corrected chi connectivity index (χ4v) is 1.87. The SMILES string of the molecule is Cc1ccc(OC(=O)c2ccccc2[N+](=O)[O-])c(C)c1. The molecule has 0 aliphatic heterocycles. The molecule has 5 nitrogen and oxygen atoms in total. The lowest BCUT2D eigenvalue weighted by molar-refractivity contribution is -0.385. The molecular formula is C15H13NO4. The van der Waals surface area contributed by atoms with Crippen LogP contribution in [0.1, 0.15) is 21.5 Å². The minimum Gasteiger partial charge on any atom is -0.422 e. The van der Waals surface area contributed by atoms with Gasteiger partial charge in [-0.2, -0.15) is 0 Å². The number of benzene rings is 2. The molecule has 2 rings (SSSR count). The molecule has 0 aliphatic carbocycles. The molecule has 0 spiro atoms. The van der Waals surface area contributed by atoms with Crippen molar-refractivity contribution in [2.45, 2.75) is 13.8 Å². The Morgan fingerprint density at radius 1 is 1.15 bits per heavy atom. The Labute approximate surface area is 116 Å². The molecule has 0 unspecified atom stereocenters. The summed E-state index contributed by atoms with van der Waals surface area (Å²) in [5.74, 6) is -0.331. The molecule has 0 bridgehead atoms. The standard InChI is InChI=1S/C15H13NO4/c1-10-7-8-14(11(2)9-10)20-15(17)12-5-3-4-6-13(12)16(18)19/h3-9H,1-2H3. The highest BCUT2D eigenvalue weighted by molar-refractivity contribution is 5.95. The van der Waals surface area contributed by atoms with Crippen LogP contribution in [0, 0.1) is 24.0 Å². The molecule has 20 heavy (non-hydrogen) atoms. The summed E-state index contributed by atoms with van der Waals surface area (Å²) in [6.07, 6.45) is 0. The minimum absolute atomic E-state index is 0.0579. The van der Waals surface area contributed by atoms with E-state index in [2.05, 4.69) is 0 Å². The van der Waals surface area contributed by atoms with Gasteiger partial charge in [0.1, 0.15) is 11.3 Å². The molecule has 5 heteroatoms. The van der Waals surface area contributed by atoms with Gasteiger partial charge in [-0.05, 0) is 31.5 Å². The fourth-order valence-electron chi connectivity index (χ4n) is 1.87. The first kappa shape index (κ1) is 13.7. The van der Waals surface area contributed by atoms with Crippen LogP contribution < -0.4 is 4.74 Å². The maximum atomic E-state index is 12.0. The van der Waals surface area contributed by atoms with Gasteiger partial charge in [0.15, 0.2) is 0 Å². The summed E-state index contributed by atoms with van der Waals surface area (Å²) in [6, 6.07) is 11.1. The van der Waals surface area contributed by atoms with Gasteiger partial charge in [-0.1, -0.05) is 29.8 Å². The van der Waals surface area contributed by atoms with E-state index in [9.17, 15) is 14.9 Å². The van der Waals surface area contributed by atoms with E-state index in [0.717, 1.165) is 11.1 Å². The average molecular weight is 271 g/mol. The van der Waals surface area contributed by atoms with Crippen LogP contribution in [0.4, 0.5) is 5.69 Å². The molecule has 0 heterocycles. The number of nitrogens with zero attached hydrogens (tertiary/aromatic N) is 1. The van der Waals surface area contributed by atoms with Crippen LogP contribution in [0.25, 0.3) is 0 Å². The van der Waals surface area contributed by atoms with E-state index < -0.39 is 10.9 Å². The van der Waals surface area contributed by atoms with Crippen LogP contribution in [-0.2, 0) is 0 Å². The predicted octanol–water partition coefficient (Wildman–Crippen LogP) is 3.43. The minimum atomic E-state index is -0.732. The number of hydrogen-bond donors (Lipinski definition) is 0.